The summed E-state index contributed by atoms with van der Waals surface area (Å²) in [6, 6.07) is 18.7. The number of aryl methyl sites for hydroxylation is 3. The van der Waals surface area contributed by atoms with Gasteiger partial charge in [0.1, 0.15) is 0 Å². The number of hydrogen-bond acceptors (Lipinski definition) is 0. The molecule has 0 heterocycles. The molecule has 2 aromatic carbocycles. The van der Waals surface area contributed by atoms with Crippen LogP contribution in [0.5, 0.6) is 0 Å². The van der Waals surface area contributed by atoms with Crippen LogP contribution >= 0.6 is 0 Å². The minimum Gasteiger partial charge on any atom is -0.0622 e. The smallest absolute Gasteiger partial charge is 0.0398 e. The van der Waals surface area contributed by atoms with Crippen molar-refractivity contribution in [2.24, 2.45) is 0 Å². The highest BCUT2D eigenvalue weighted by Gasteiger charge is 1.95. The Balaban J connectivity index is 0.000000159. The summed E-state index contributed by atoms with van der Waals surface area (Å²) in [4.78, 5) is 0. The van der Waals surface area contributed by atoms with E-state index in [9.17, 15) is 0 Å². The van der Waals surface area contributed by atoms with Gasteiger partial charge in [-0.25, -0.2) is 0 Å². The molecular weight excluding hydrogens is 252 g/mol. The Hall–Kier alpha value is -1.56. The van der Waals surface area contributed by atoms with Crippen molar-refractivity contribution in [3.8, 4) is 0 Å². The fraction of sp³-hybridized carbons (Fsp3) is 0.429. The molecule has 0 unspecified atom stereocenters. The SMILES string of the molecule is C1CCCCC1.Cc1ccc(C)cc1.Cc1ccccc1. The van der Waals surface area contributed by atoms with Crippen molar-refractivity contribution in [3.05, 3.63) is 71.3 Å². The molecule has 0 heteroatoms. The molecule has 0 amide bonds. The molecule has 0 N–H and O–H groups in total. The second kappa shape index (κ2) is 11.1. The van der Waals surface area contributed by atoms with E-state index in [1.165, 1.54) is 55.2 Å². The van der Waals surface area contributed by atoms with Crippen molar-refractivity contribution in [2.75, 3.05) is 0 Å². The highest BCUT2D eigenvalue weighted by Crippen LogP contribution is 2.15. The fourth-order valence-corrected chi connectivity index (χ4v) is 2.23. The van der Waals surface area contributed by atoms with E-state index in [-0.39, 0.29) is 0 Å². The Bertz CT molecular complexity index is 417. The topological polar surface area (TPSA) is 0 Å². The first-order valence-electron chi connectivity index (χ1n) is 8.23. The van der Waals surface area contributed by atoms with Gasteiger partial charge >= 0.3 is 0 Å². The molecule has 0 saturated heterocycles. The van der Waals surface area contributed by atoms with Crippen molar-refractivity contribution < 1.29 is 0 Å². The Morgan fingerprint density at radius 2 is 0.714 bits per heavy atom. The minimum atomic E-state index is 1.32. The molecule has 1 aliphatic carbocycles. The lowest BCUT2D eigenvalue weighted by Crippen LogP contribution is -1.85. The molecule has 3 rings (SSSR count). The molecule has 0 nitrogen and oxygen atoms in total. The van der Waals surface area contributed by atoms with Gasteiger partial charge in [0.15, 0.2) is 0 Å². The Labute approximate surface area is 131 Å². The van der Waals surface area contributed by atoms with Gasteiger partial charge in [-0.15, -0.1) is 0 Å². The Kier molecular flexibility index (Phi) is 9.28. The maximum absolute atomic E-state index is 2.12. The fourth-order valence-electron chi connectivity index (χ4n) is 2.23. The molecule has 21 heavy (non-hydrogen) atoms. The lowest BCUT2D eigenvalue weighted by molar-refractivity contribution is 0.504. The zero-order valence-electron chi connectivity index (χ0n) is 13.9. The van der Waals surface area contributed by atoms with E-state index in [0.29, 0.717) is 0 Å². The van der Waals surface area contributed by atoms with Gasteiger partial charge in [-0.3, -0.25) is 0 Å². The van der Waals surface area contributed by atoms with Crippen LogP contribution < -0.4 is 0 Å². The molecule has 114 valence electrons. The van der Waals surface area contributed by atoms with E-state index in [1.54, 1.807) is 0 Å². The van der Waals surface area contributed by atoms with Crippen molar-refractivity contribution >= 4 is 0 Å². The summed E-state index contributed by atoms with van der Waals surface area (Å²) < 4.78 is 0. The zero-order chi connectivity index (χ0) is 15.3. The molecule has 1 fully saturated rings. The van der Waals surface area contributed by atoms with Crippen LogP contribution in [0.1, 0.15) is 55.2 Å². The van der Waals surface area contributed by atoms with Crippen molar-refractivity contribution in [1.82, 2.24) is 0 Å². The molecule has 1 saturated carbocycles. The maximum atomic E-state index is 2.12. The lowest BCUT2D eigenvalue weighted by Gasteiger charge is -2.05. The van der Waals surface area contributed by atoms with Gasteiger partial charge in [0.2, 0.25) is 0 Å². The molecule has 0 aliphatic heterocycles. The summed E-state index contributed by atoms with van der Waals surface area (Å²) in [6.45, 7) is 6.28. The van der Waals surface area contributed by atoms with Crippen LogP contribution in [0, 0.1) is 20.8 Å². The van der Waals surface area contributed by atoms with E-state index in [1.807, 2.05) is 18.2 Å². The molecule has 0 bridgehead atoms. The zero-order valence-corrected chi connectivity index (χ0v) is 13.9. The van der Waals surface area contributed by atoms with E-state index < -0.39 is 0 Å². The van der Waals surface area contributed by atoms with Gasteiger partial charge in [0.05, 0.1) is 0 Å². The molecule has 0 radical (unpaired) electrons. The molecule has 0 atom stereocenters. The summed E-state index contributed by atoms with van der Waals surface area (Å²) >= 11 is 0. The van der Waals surface area contributed by atoms with E-state index in [0.717, 1.165) is 0 Å². The number of hydrogen-bond donors (Lipinski definition) is 0. The Morgan fingerprint density at radius 3 is 0.952 bits per heavy atom. The molecular formula is C21H30. The third-order valence-electron chi connectivity index (χ3n) is 3.66. The predicted molar refractivity (Wildman–Crippen MR) is 94.8 cm³/mol. The standard InChI is InChI=1S/C8H10.C7H8.C6H12/c1-7-3-5-8(2)6-4-7;1-7-5-3-2-4-6-7;1-2-4-6-5-3-1/h3-6H,1-2H3;2-6H,1H3;1-6H2. The molecule has 2 aromatic rings. The normalized spacial score (nSPS) is 13.3. The number of benzene rings is 2. The van der Waals surface area contributed by atoms with E-state index >= 15 is 0 Å². The van der Waals surface area contributed by atoms with Crippen LogP contribution in [0.25, 0.3) is 0 Å². The van der Waals surface area contributed by atoms with Gasteiger partial charge in [-0.1, -0.05) is 110 Å². The second-order valence-corrected chi connectivity index (χ2v) is 5.93. The summed E-state index contributed by atoms with van der Waals surface area (Å²) in [5.74, 6) is 0. The molecule has 0 aromatic heterocycles. The van der Waals surface area contributed by atoms with Crippen LogP contribution in [-0.4, -0.2) is 0 Å². The van der Waals surface area contributed by atoms with Gasteiger partial charge in [-0.05, 0) is 20.8 Å². The van der Waals surface area contributed by atoms with Gasteiger partial charge in [-0.2, -0.15) is 0 Å². The van der Waals surface area contributed by atoms with E-state index in [4.69, 9.17) is 0 Å². The highest BCUT2D eigenvalue weighted by atomic mass is 14.0. The quantitative estimate of drug-likeness (QED) is 0.508. The third kappa shape index (κ3) is 9.90. The number of rotatable bonds is 0. The highest BCUT2D eigenvalue weighted by molar-refractivity contribution is 5.19. The summed E-state index contributed by atoms with van der Waals surface area (Å²) in [5, 5.41) is 0. The average Bonchev–Trinajstić information content (AvgIpc) is 2.54. The molecule has 1 aliphatic rings. The lowest BCUT2D eigenvalue weighted by atomic mass is 10.0. The van der Waals surface area contributed by atoms with Crippen LogP contribution in [-0.2, 0) is 0 Å². The summed E-state index contributed by atoms with van der Waals surface area (Å²) in [7, 11) is 0. The van der Waals surface area contributed by atoms with E-state index in [2.05, 4.69) is 57.2 Å². The molecule has 0 spiro atoms. The van der Waals surface area contributed by atoms with Crippen LogP contribution in [0.15, 0.2) is 54.6 Å². The second-order valence-electron chi connectivity index (χ2n) is 5.93. The van der Waals surface area contributed by atoms with Crippen LogP contribution in [0.3, 0.4) is 0 Å². The maximum Gasteiger partial charge on any atom is -0.0398 e. The average molecular weight is 282 g/mol. The monoisotopic (exact) mass is 282 g/mol. The van der Waals surface area contributed by atoms with Crippen molar-refractivity contribution in [1.29, 1.82) is 0 Å². The Morgan fingerprint density at radius 1 is 0.429 bits per heavy atom. The van der Waals surface area contributed by atoms with Gasteiger partial charge in [0, 0.05) is 0 Å². The van der Waals surface area contributed by atoms with Crippen molar-refractivity contribution in [3.63, 3.8) is 0 Å². The summed E-state index contributed by atoms with van der Waals surface area (Å²) in [6.07, 6.45) is 9.00. The largest absolute Gasteiger partial charge is 0.0622 e. The van der Waals surface area contributed by atoms with Gasteiger partial charge < -0.3 is 0 Å². The first-order chi connectivity index (χ1) is 10.2. The van der Waals surface area contributed by atoms with Crippen molar-refractivity contribution in [2.45, 2.75) is 59.3 Å². The first-order valence-corrected chi connectivity index (χ1v) is 8.23. The first kappa shape index (κ1) is 17.5. The third-order valence-corrected chi connectivity index (χ3v) is 3.66. The minimum absolute atomic E-state index is 1.32. The van der Waals surface area contributed by atoms with Gasteiger partial charge in [0.25, 0.3) is 0 Å². The summed E-state index contributed by atoms with van der Waals surface area (Å²) in [5.41, 5.74) is 3.98. The predicted octanol–water partition coefficient (Wildman–Crippen LogP) is 6.64. The van der Waals surface area contributed by atoms with Crippen LogP contribution in [0.4, 0.5) is 0 Å². The van der Waals surface area contributed by atoms with Crippen LogP contribution in [0.2, 0.25) is 0 Å².